The van der Waals surface area contributed by atoms with Crippen LogP contribution in [0.25, 0.3) is 0 Å². The van der Waals surface area contributed by atoms with Gasteiger partial charge in [-0.05, 0) is 64.5 Å². The van der Waals surface area contributed by atoms with Crippen LogP contribution in [0.4, 0.5) is 0 Å². The lowest BCUT2D eigenvalue weighted by atomic mass is 10.0. The summed E-state index contributed by atoms with van der Waals surface area (Å²) < 4.78 is 0. The maximum Gasteiger partial charge on any atom is 0.176 e. The zero-order valence-electron chi connectivity index (χ0n) is 13.1. The van der Waals surface area contributed by atoms with Crippen LogP contribution in [0.1, 0.15) is 34.3 Å². The number of carbonyl (C=O) groups is 1. The zero-order valence-corrected chi connectivity index (χ0v) is 13.1. The summed E-state index contributed by atoms with van der Waals surface area (Å²) in [5.74, 6) is 0.249. The fourth-order valence-electron chi connectivity index (χ4n) is 2.92. The molecule has 0 aliphatic carbocycles. The molecule has 0 amide bonds. The molecular weight excluding hydrogens is 248 g/mol. The molecule has 1 aromatic carbocycles. The van der Waals surface area contributed by atoms with E-state index in [1.54, 1.807) is 0 Å². The number of aryl methyl sites for hydroxylation is 2. The number of likely N-dealkylation sites (tertiary alicyclic amines) is 1. The molecule has 1 atom stereocenters. The molecule has 0 spiro atoms. The third-order valence-corrected chi connectivity index (χ3v) is 4.25. The van der Waals surface area contributed by atoms with Crippen molar-refractivity contribution < 1.29 is 4.79 Å². The van der Waals surface area contributed by atoms with Crippen LogP contribution in [0.15, 0.2) is 18.2 Å². The lowest BCUT2D eigenvalue weighted by molar-refractivity contribution is 0.0910. The number of hydrogen-bond donors (Lipinski definition) is 0. The first-order valence-electron chi connectivity index (χ1n) is 7.46. The third-order valence-electron chi connectivity index (χ3n) is 4.25. The number of carbonyl (C=O) groups excluding carboxylic acids is 1. The molecule has 20 heavy (non-hydrogen) atoms. The van der Waals surface area contributed by atoms with E-state index in [1.165, 1.54) is 24.0 Å². The maximum atomic E-state index is 12.4. The maximum absolute atomic E-state index is 12.4. The summed E-state index contributed by atoms with van der Waals surface area (Å²) in [5.41, 5.74) is 3.29. The molecule has 1 heterocycles. The molecule has 1 saturated heterocycles. The molecule has 2 rings (SSSR count). The van der Waals surface area contributed by atoms with Gasteiger partial charge in [0.2, 0.25) is 0 Å². The molecule has 3 nitrogen and oxygen atoms in total. The molecule has 0 bridgehead atoms. The van der Waals surface area contributed by atoms with E-state index in [0.29, 0.717) is 12.6 Å². The van der Waals surface area contributed by atoms with Crippen LogP contribution in [0.3, 0.4) is 0 Å². The largest absolute Gasteiger partial charge is 0.308 e. The highest BCUT2D eigenvalue weighted by Gasteiger charge is 2.26. The number of ketones is 1. The van der Waals surface area contributed by atoms with Crippen molar-refractivity contribution in [1.82, 2.24) is 9.80 Å². The van der Waals surface area contributed by atoms with Gasteiger partial charge in [0.05, 0.1) is 6.54 Å². The van der Waals surface area contributed by atoms with E-state index >= 15 is 0 Å². The fraction of sp³-hybridized carbons (Fsp3) is 0.588. The quantitative estimate of drug-likeness (QED) is 0.771. The highest BCUT2D eigenvalue weighted by molar-refractivity contribution is 5.97. The van der Waals surface area contributed by atoms with E-state index in [-0.39, 0.29) is 5.78 Å². The average molecular weight is 274 g/mol. The number of hydrogen-bond acceptors (Lipinski definition) is 3. The Morgan fingerprint density at radius 1 is 1.30 bits per heavy atom. The Bertz CT molecular complexity index is 482. The monoisotopic (exact) mass is 274 g/mol. The van der Waals surface area contributed by atoms with Gasteiger partial charge in [0.25, 0.3) is 0 Å². The molecule has 0 radical (unpaired) electrons. The van der Waals surface area contributed by atoms with Crippen LogP contribution in [-0.4, -0.2) is 55.4 Å². The first-order valence-corrected chi connectivity index (χ1v) is 7.46. The van der Waals surface area contributed by atoms with Gasteiger partial charge in [-0.2, -0.15) is 0 Å². The van der Waals surface area contributed by atoms with Gasteiger partial charge in [-0.3, -0.25) is 9.69 Å². The Hall–Kier alpha value is -1.19. The van der Waals surface area contributed by atoms with Crippen molar-refractivity contribution in [1.29, 1.82) is 0 Å². The van der Waals surface area contributed by atoms with Crippen molar-refractivity contribution in [3.05, 3.63) is 34.9 Å². The van der Waals surface area contributed by atoms with Gasteiger partial charge < -0.3 is 4.90 Å². The van der Waals surface area contributed by atoms with Crippen LogP contribution in [0, 0.1) is 13.8 Å². The van der Waals surface area contributed by atoms with E-state index in [1.807, 2.05) is 18.2 Å². The minimum absolute atomic E-state index is 0.249. The van der Waals surface area contributed by atoms with Crippen LogP contribution >= 0.6 is 0 Å². The summed E-state index contributed by atoms with van der Waals surface area (Å²) in [6.45, 7) is 6.80. The van der Waals surface area contributed by atoms with Gasteiger partial charge in [0.1, 0.15) is 0 Å². The fourth-order valence-corrected chi connectivity index (χ4v) is 2.92. The SMILES string of the molecule is Cc1ccc(C(=O)CN2CCCC2CN(C)C)cc1C. The normalized spacial score (nSPS) is 19.8. The summed E-state index contributed by atoms with van der Waals surface area (Å²) in [4.78, 5) is 17.0. The van der Waals surface area contributed by atoms with E-state index in [0.717, 1.165) is 18.7 Å². The van der Waals surface area contributed by atoms with Gasteiger partial charge in [-0.25, -0.2) is 0 Å². The Kier molecular flexibility index (Phi) is 4.95. The standard InChI is InChI=1S/C17H26N2O/c1-13-7-8-15(10-14(13)2)17(20)12-19-9-5-6-16(19)11-18(3)4/h7-8,10,16H,5-6,9,11-12H2,1-4H3. The lowest BCUT2D eigenvalue weighted by Crippen LogP contribution is -2.40. The lowest BCUT2D eigenvalue weighted by Gasteiger charge is -2.26. The summed E-state index contributed by atoms with van der Waals surface area (Å²) in [6.07, 6.45) is 2.41. The van der Waals surface area contributed by atoms with Gasteiger partial charge in [0, 0.05) is 18.2 Å². The van der Waals surface area contributed by atoms with Gasteiger partial charge in [0.15, 0.2) is 5.78 Å². The van der Waals surface area contributed by atoms with Crippen LogP contribution < -0.4 is 0 Å². The summed E-state index contributed by atoms with van der Waals surface area (Å²) in [7, 11) is 4.20. The molecular formula is C17H26N2O. The molecule has 0 aromatic heterocycles. The van der Waals surface area contributed by atoms with Crippen molar-refractivity contribution in [3.8, 4) is 0 Å². The van der Waals surface area contributed by atoms with Gasteiger partial charge in [-0.1, -0.05) is 12.1 Å². The highest BCUT2D eigenvalue weighted by atomic mass is 16.1. The topological polar surface area (TPSA) is 23.6 Å². The summed E-state index contributed by atoms with van der Waals surface area (Å²) in [6, 6.07) is 6.56. The first kappa shape index (κ1) is 15.2. The van der Waals surface area contributed by atoms with Crippen LogP contribution in [0.5, 0.6) is 0 Å². The van der Waals surface area contributed by atoms with E-state index < -0.39 is 0 Å². The predicted octanol–water partition coefficient (Wildman–Crippen LogP) is 2.51. The predicted molar refractivity (Wildman–Crippen MR) is 83.4 cm³/mol. The van der Waals surface area contributed by atoms with E-state index in [4.69, 9.17) is 0 Å². The smallest absolute Gasteiger partial charge is 0.176 e. The Morgan fingerprint density at radius 2 is 2.05 bits per heavy atom. The molecule has 3 heteroatoms. The van der Waals surface area contributed by atoms with Crippen LogP contribution in [0.2, 0.25) is 0 Å². The van der Waals surface area contributed by atoms with E-state index in [9.17, 15) is 4.79 Å². The Labute approximate surface area is 122 Å². The second-order valence-electron chi connectivity index (χ2n) is 6.25. The van der Waals surface area contributed by atoms with E-state index in [2.05, 4.69) is 37.7 Å². The number of rotatable bonds is 5. The molecule has 1 fully saturated rings. The van der Waals surface area contributed by atoms with Crippen LogP contribution in [-0.2, 0) is 0 Å². The number of likely N-dealkylation sites (N-methyl/N-ethyl adjacent to an activating group) is 1. The summed E-state index contributed by atoms with van der Waals surface area (Å²) >= 11 is 0. The molecule has 0 saturated carbocycles. The van der Waals surface area contributed by atoms with Crippen molar-refractivity contribution in [3.63, 3.8) is 0 Å². The molecule has 1 aliphatic heterocycles. The van der Waals surface area contributed by atoms with Crippen molar-refractivity contribution in [2.45, 2.75) is 32.7 Å². The summed E-state index contributed by atoms with van der Waals surface area (Å²) in [5, 5.41) is 0. The second kappa shape index (κ2) is 6.51. The van der Waals surface area contributed by atoms with Gasteiger partial charge in [-0.15, -0.1) is 0 Å². The van der Waals surface area contributed by atoms with Gasteiger partial charge >= 0.3 is 0 Å². The minimum atomic E-state index is 0.249. The minimum Gasteiger partial charge on any atom is -0.308 e. The first-order chi connectivity index (χ1) is 9.47. The zero-order chi connectivity index (χ0) is 14.7. The molecule has 1 aromatic rings. The molecule has 110 valence electrons. The second-order valence-corrected chi connectivity index (χ2v) is 6.25. The molecule has 1 aliphatic rings. The third kappa shape index (κ3) is 3.68. The average Bonchev–Trinajstić information content (AvgIpc) is 2.79. The number of nitrogens with zero attached hydrogens (tertiary/aromatic N) is 2. The highest BCUT2D eigenvalue weighted by Crippen LogP contribution is 2.19. The molecule has 0 N–H and O–H groups in total. The van der Waals surface area contributed by atoms with Crippen molar-refractivity contribution in [2.75, 3.05) is 33.7 Å². The Balaban J connectivity index is 2.01. The molecule has 1 unspecified atom stereocenters. The number of Topliss-reactive ketones (excluding diaryl/α,β-unsaturated/α-hetero) is 1. The Morgan fingerprint density at radius 3 is 2.70 bits per heavy atom. The number of benzene rings is 1. The van der Waals surface area contributed by atoms with Crippen molar-refractivity contribution in [2.24, 2.45) is 0 Å². The van der Waals surface area contributed by atoms with Crippen molar-refractivity contribution >= 4 is 5.78 Å².